The Hall–Kier alpha value is -2.74. The number of furan rings is 1. The summed E-state index contributed by atoms with van der Waals surface area (Å²) >= 11 is 0. The summed E-state index contributed by atoms with van der Waals surface area (Å²) in [5.74, 6) is -3.92. The maximum atomic E-state index is 13.4. The van der Waals surface area contributed by atoms with Gasteiger partial charge in [0.25, 0.3) is 5.91 Å². The molecule has 1 amide bonds. The Labute approximate surface area is 135 Å². The van der Waals surface area contributed by atoms with Gasteiger partial charge in [0.05, 0.1) is 11.6 Å². The van der Waals surface area contributed by atoms with Crippen molar-refractivity contribution < 1.29 is 32.6 Å². The Morgan fingerprint density at radius 3 is 2.67 bits per heavy atom. The number of carbonyl (C=O) groups is 2. The lowest BCUT2D eigenvalue weighted by Crippen LogP contribution is -2.36. The molecule has 3 rings (SSSR count). The Morgan fingerprint density at radius 2 is 2.00 bits per heavy atom. The van der Waals surface area contributed by atoms with Gasteiger partial charge in [-0.2, -0.15) is 0 Å². The Bertz CT molecular complexity index is 789. The largest absolute Gasteiger partial charge is 0.478 e. The fraction of sp³-hybridized carbons (Fsp3) is 0.250. The van der Waals surface area contributed by atoms with Gasteiger partial charge in [-0.1, -0.05) is 6.07 Å². The molecule has 1 saturated heterocycles. The standard InChI is InChI=1S/C16H13F2NO5/c17-10-2-1-8(5-11(10)18)14-12(3-4-23-14)19-15(20)13-6-9(7-24-13)16(21)22/h1-2,5-7,12,14H,3-4H2,(H,19,20)(H,21,22)/t12-,14-/m0/s1. The first-order valence-electron chi connectivity index (χ1n) is 7.15. The van der Waals surface area contributed by atoms with Crippen molar-refractivity contribution in [2.45, 2.75) is 18.6 Å². The van der Waals surface area contributed by atoms with Gasteiger partial charge in [0.1, 0.15) is 12.4 Å². The zero-order valence-corrected chi connectivity index (χ0v) is 12.3. The molecule has 0 radical (unpaired) electrons. The van der Waals surface area contributed by atoms with Crippen molar-refractivity contribution in [3.05, 3.63) is 59.1 Å². The molecule has 0 bridgehead atoms. The fourth-order valence-corrected chi connectivity index (χ4v) is 2.56. The maximum absolute atomic E-state index is 13.4. The summed E-state index contributed by atoms with van der Waals surface area (Å²) in [5.41, 5.74) is 0.266. The van der Waals surface area contributed by atoms with Gasteiger partial charge in [0, 0.05) is 12.7 Å². The Kier molecular flexibility index (Phi) is 4.30. The third-order valence-electron chi connectivity index (χ3n) is 3.75. The molecular formula is C16H13F2NO5. The average molecular weight is 337 g/mol. The summed E-state index contributed by atoms with van der Waals surface area (Å²) in [7, 11) is 0. The molecule has 2 aromatic rings. The lowest BCUT2D eigenvalue weighted by Gasteiger charge is -2.19. The molecule has 1 aliphatic rings. The van der Waals surface area contributed by atoms with Crippen molar-refractivity contribution in [1.29, 1.82) is 0 Å². The molecule has 2 atom stereocenters. The van der Waals surface area contributed by atoms with Gasteiger partial charge in [0.2, 0.25) is 0 Å². The minimum absolute atomic E-state index is 0.139. The summed E-state index contributed by atoms with van der Waals surface area (Å²) in [5, 5.41) is 11.5. The van der Waals surface area contributed by atoms with Crippen LogP contribution in [-0.2, 0) is 4.74 Å². The molecule has 8 heteroatoms. The van der Waals surface area contributed by atoms with Crippen molar-refractivity contribution in [3.8, 4) is 0 Å². The summed E-state index contributed by atoms with van der Waals surface area (Å²) in [6.07, 6.45) is 0.815. The molecule has 0 unspecified atom stereocenters. The first-order valence-corrected chi connectivity index (χ1v) is 7.15. The van der Waals surface area contributed by atoms with Gasteiger partial charge in [0.15, 0.2) is 17.4 Å². The summed E-state index contributed by atoms with van der Waals surface area (Å²) in [6.45, 7) is 0.340. The first-order chi connectivity index (χ1) is 11.5. The third kappa shape index (κ3) is 3.13. The molecule has 2 N–H and O–H groups in total. The smallest absolute Gasteiger partial charge is 0.338 e. The number of nitrogens with one attached hydrogen (secondary N) is 1. The second-order valence-corrected chi connectivity index (χ2v) is 5.34. The van der Waals surface area contributed by atoms with Crippen LogP contribution in [0.4, 0.5) is 8.78 Å². The van der Waals surface area contributed by atoms with Crippen LogP contribution in [0.25, 0.3) is 0 Å². The normalized spacial score (nSPS) is 20.1. The highest BCUT2D eigenvalue weighted by atomic mass is 19.2. The van der Waals surface area contributed by atoms with Crippen LogP contribution < -0.4 is 5.32 Å². The van der Waals surface area contributed by atoms with E-state index in [9.17, 15) is 18.4 Å². The van der Waals surface area contributed by atoms with Crippen LogP contribution >= 0.6 is 0 Å². The minimum Gasteiger partial charge on any atom is -0.478 e. The van der Waals surface area contributed by atoms with Gasteiger partial charge >= 0.3 is 5.97 Å². The molecule has 24 heavy (non-hydrogen) atoms. The van der Waals surface area contributed by atoms with Crippen molar-refractivity contribution in [2.75, 3.05) is 6.61 Å². The Balaban J connectivity index is 1.74. The number of carboxylic acids is 1. The van der Waals surface area contributed by atoms with Crippen molar-refractivity contribution in [1.82, 2.24) is 5.32 Å². The van der Waals surface area contributed by atoms with Gasteiger partial charge in [-0.25, -0.2) is 13.6 Å². The lowest BCUT2D eigenvalue weighted by atomic mass is 10.0. The highest BCUT2D eigenvalue weighted by molar-refractivity contribution is 5.95. The SMILES string of the molecule is O=C(O)c1coc(C(=O)N[C@H]2CCO[C@H]2c2ccc(F)c(F)c2)c1. The van der Waals surface area contributed by atoms with E-state index in [1.54, 1.807) is 0 Å². The molecule has 126 valence electrons. The quantitative estimate of drug-likeness (QED) is 0.895. The van der Waals surface area contributed by atoms with Crippen LogP contribution in [0, 0.1) is 11.6 Å². The molecule has 2 heterocycles. The molecular weight excluding hydrogens is 324 g/mol. The zero-order chi connectivity index (χ0) is 17.3. The predicted octanol–water partition coefficient (Wildman–Crippen LogP) is 2.52. The number of carboxylic acid groups (broad SMARTS) is 1. The molecule has 6 nitrogen and oxygen atoms in total. The lowest BCUT2D eigenvalue weighted by molar-refractivity contribution is 0.0695. The topological polar surface area (TPSA) is 88.8 Å². The monoisotopic (exact) mass is 337 g/mol. The Morgan fingerprint density at radius 1 is 1.21 bits per heavy atom. The van der Waals surface area contributed by atoms with E-state index >= 15 is 0 Å². The molecule has 0 spiro atoms. The minimum atomic E-state index is -1.21. The first kappa shape index (κ1) is 16.1. The number of amides is 1. The summed E-state index contributed by atoms with van der Waals surface area (Å²) < 4.78 is 36.8. The average Bonchev–Trinajstić information content (AvgIpc) is 3.19. The van der Waals surface area contributed by atoms with Crippen LogP contribution in [0.1, 0.15) is 39.0 Å². The number of aromatic carboxylic acids is 1. The second kappa shape index (κ2) is 6.40. The van der Waals surface area contributed by atoms with E-state index in [4.69, 9.17) is 14.3 Å². The van der Waals surface area contributed by atoms with Gasteiger partial charge < -0.3 is 19.6 Å². The third-order valence-corrected chi connectivity index (χ3v) is 3.75. The van der Waals surface area contributed by atoms with E-state index in [1.165, 1.54) is 6.07 Å². The van der Waals surface area contributed by atoms with Crippen LogP contribution in [0.15, 0.2) is 34.9 Å². The van der Waals surface area contributed by atoms with E-state index in [-0.39, 0.29) is 11.3 Å². The van der Waals surface area contributed by atoms with E-state index < -0.39 is 35.7 Å². The van der Waals surface area contributed by atoms with Crippen molar-refractivity contribution in [3.63, 3.8) is 0 Å². The number of benzene rings is 1. The zero-order valence-electron chi connectivity index (χ0n) is 12.3. The molecule has 1 aliphatic heterocycles. The van der Waals surface area contributed by atoms with Crippen LogP contribution in [0.3, 0.4) is 0 Å². The molecule has 0 saturated carbocycles. The highest BCUT2D eigenvalue weighted by Crippen LogP contribution is 2.30. The molecule has 1 aromatic heterocycles. The molecule has 1 aromatic carbocycles. The van der Waals surface area contributed by atoms with Crippen molar-refractivity contribution >= 4 is 11.9 Å². The highest BCUT2D eigenvalue weighted by Gasteiger charge is 2.32. The number of hydrogen-bond acceptors (Lipinski definition) is 4. The second-order valence-electron chi connectivity index (χ2n) is 5.34. The maximum Gasteiger partial charge on any atom is 0.338 e. The van der Waals surface area contributed by atoms with Crippen LogP contribution in [0.5, 0.6) is 0 Å². The van der Waals surface area contributed by atoms with E-state index in [2.05, 4.69) is 5.32 Å². The number of halogens is 2. The van der Waals surface area contributed by atoms with E-state index in [1.807, 2.05) is 0 Å². The van der Waals surface area contributed by atoms with E-state index in [0.717, 1.165) is 24.5 Å². The van der Waals surface area contributed by atoms with Crippen LogP contribution in [0.2, 0.25) is 0 Å². The summed E-state index contributed by atoms with van der Waals surface area (Å²) in [4.78, 5) is 22.9. The number of hydrogen-bond donors (Lipinski definition) is 2. The fourth-order valence-electron chi connectivity index (χ4n) is 2.56. The molecule has 0 aliphatic carbocycles. The number of rotatable bonds is 4. The van der Waals surface area contributed by atoms with E-state index in [0.29, 0.717) is 18.6 Å². The predicted molar refractivity (Wildman–Crippen MR) is 76.6 cm³/mol. The van der Waals surface area contributed by atoms with Crippen LogP contribution in [-0.4, -0.2) is 29.6 Å². The van der Waals surface area contributed by atoms with Gasteiger partial charge in [-0.3, -0.25) is 4.79 Å². The molecule has 1 fully saturated rings. The summed E-state index contributed by atoms with van der Waals surface area (Å²) in [6, 6.07) is 4.06. The van der Waals surface area contributed by atoms with Crippen molar-refractivity contribution in [2.24, 2.45) is 0 Å². The number of carbonyl (C=O) groups excluding carboxylic acids is 1. The number of ether oxygens (including phenoxy) is 1. The van der Waals surface area contributed by atoms with Gasteiger partial charge in [-0.05, 0) is 24.1 Å². The van der Waals surface area contributed by atoms with Gasteiger partial charge in [-0.15, -0.1) is 0 Å².